The van der Waals surface area contributed by atoms with E-state index in [4.69, 9.17) is 4.98 Å². The third kappa shape index (κ3) is 2.33. The Morgan fingerprint density at radius 2 is 1.78 bits per heavy atom. The first kappa shape index (κ1) is 19.1. The fourth-order valence-electron chi connectivity index (χ4n) is 5.77. The molecule has 0 N–H and O–H groups in total. The predicted molar refractivity (Wildman–Crippen MR) is 111 cm³/mol. The second-order valence-corrected chi connectivity index (χ2v) is 8.96. The Bertz CT molecular complexity index is 1330. The second kappa shape index (κ2) is 6.44. The van der Waals surface area contributed by atoms with Crippen molar-refractivity contribution in [2.75, 3.05) is 0 Å². The van der Waals surface area contributed by atoms with Gasteiger partial charge in [0, 0.05) is 6.20 Å². The van der Waals surface area contributed by atoms with Gasteiger partial charge in [-0.25, -0.2) is 18.7 Å². The molecule has 6 rings (SSSR count). The van der Waals surface area contributed by atoms with Gasteiger partial charge in [0.1, 0.15) is 24.3 Å². The molecule has 3 aromatic heterocycles. The largest absolute Gasteiger partial charge is 0.255 e. The van der Waals surface area contributed by atoms with E-state index in [0.717, 1.165) is 29.8 Å². The van der Waals surface area contributed by atoms with Crippen molar-refractivity contribution in [2.45, 2.75) is 38.0 Å². The van der Waals surface area contributed by atoms with Gasteiger partial charge in [-0.15, -0.1) is 15.3 Å². The highest BCUT2D eigenvalue weighted by atomic mass is 19.1. The molecule has 1 aromatic carbocycles. The van der Waals surface area contributed by atoms with Gasteiger partial charge in [-0.2, -0.15) is 5.10 Å². The van der Waals surface area contributed by atoms with Gasteiger partial charge in [-0.05, 0) is 54.0 Å². The van der Waals surface area contributed by atoms with E-state index in [2.05, 4.69) is 39.2 Å². The van der Waals surface area contributed by atoms with Crippen LogP contribution < -0.4 is 0 Å². The van der Waals surface area contributed by atoms with Crippen LogP contribution in [0.2, 0.25) is 0 Å². The molecule has 0 amide bonds. The summed E-state index contributed by atoms with van der Waals surface area (Å²) in [4.78, 5) is 9.22. The minimum Gasteiger partial charge on any atom is -0.255 e. The molecule has 1 saturated carbocycles. The number of hydrogen-bond acceptors (Lipinski definition) is 6. The van der Waals surface area contributed by atoms with Crippen LogP contribution in [0.15, 0.2) is 49.2 Å². The third-order valence-electron chi connectivity index (χ3n) is 7.33. The monoisotopic (exact) mass is 431 g/mol. The van der Waals surface area contributed by atoms with E-state index >= 15 is 0 Å². The zero-order valence-electron chi connectivity index (χ0n) is 17.5. The van der Waals surface area contributed by atoms with Crippen molar-refractivity contribution in [3.63, 3.8) is 0 Å². The smallest absolute Gasteiger partial charge is 0.236 e. The fourth-order valence-corrected chi connectivity index (χ4v) is 5.77. The van der Waals surface area contributed by atoms with Gasteiger partial charge in [0.2, 0.25) is 5.95 Å². The van der Waals surface area contributed by atoms with Crippen LogP contribution in [0.5, 0.6) is 0 Å². The first-order chi connectivity index (χ1) is 15.4. The molecule has 3 heterocycles. The van der Waals surface area contributed by atoms with Crippen molar-refractivity contribution in [3.8, 4) is 17.2 Å². The molecule has 0 radical (unpaired) electrons. The standard InChI is InChI=1S/C23H19F2N7/c1-22(2)14-6-8-23(22,18-7-9-26-21(29-18)32-11-27-28-12-32)20-13(14)10-17(30-31-20)19-15(24)4-3-5-16(19)25/h3-5,7,9-12,14H,6,8H2,1-2H3/t14-,23-/m0/s1. The van der Waals surface area contributed by atoms with Gasteiger partial charge in [0.05, 0.1) is 28.1 Å². The number of rotatable bonds is 3. The number of hydrogen-bond donors (Lipinski definition) is 0. The minimum absolute atomic E-state index is 0.144. The molecule has 0 aliphatic heterocycles. The van der Waals surface area contributed by atoms with Gasteiger partial charge in [-0.3, -0.25) is 4.57 Å². The Morgan fingerprint density at radius 1 is 1.03 bits per heavy atom. The van der Waals surface area contributed by atoms with E-state index in [1.165, 1.54) is 18.2 Å². The van der Waals surface area contributed by atoms with Crippen molar-refractivity contribution in [1.29, 1.82) is 0 Å². The van der Waals surface area contributed by atoms with E-state index in [1.807, 2.05) is 6.07 Å². The molecule has 2 aliphatic carbocycles. The lowest BCUT2D eigenvalue weighted by Gasteiger charge is -2.37. The number of fused-ring (bicyclic) bond motifs is 5. The van der Waals surface area contributed by atoms with Crippen LogP contribution in [0.25, 0.3) is 17.2 Å². The molecule has 1 fully saturated rings. The summed E-state index contributed by atoms with van der Waals surface area (Å²) < 4.78 is 30.5. The minimum atomic E-state index is -0.647. The molecular weight excluding hydrogens is 412 g/mol. The predicted octanol–water partition coefficient (Wildman–Crippen LogP) is 4.00. The Labute approximate surface area is 182 Å². The van der Waals surface area contributed by atoms with Crippen LogP contribution >= 0.6 is 0 Å². The van der Waals surface area contributed by atoms with Crippen molar-refractivity contribution >= 4 is 0 Å². The lowest BCUT2D eigenvalue weighted by Crippen LogP contribution is -2.38. The van der Waals surface area contributed by atoms with Gasteiger partial charge in [0.25, 0.3) is 0 Å². The summed E-state index contributed by atoms with van der Waals surface area (Å²) in [6.07, 6.45) is 6.62. The highest BCUT2D eigenvalue weighted by Gasteiger charge is 2.65. The summed E-state index contributed by atoms with van der Waals surface area (Å²) in [5.41, 5.74) is 2.04. The van der Waals surface area contributed by atoms with Crippen molar-refractivity contribution < 1.29 is 8.78 Å². The van der Waals surface area contributed by atoms with E-state index < -0.39 is 17.0 Å². The molecule has 9 heteroatoms. The van der Waals surface area contributed by atoms with Crippen molar-refractivity contribution in [1.82, 2.24) is 34.9 Å². The van der Waals surface area contributed by atoms with E-state index in [9.17, 15) is 8.78 Å². The molecule has 2 aliphatic rings. The molecule has 4 aromatic rings. The second-order valence-electron chi connectivity index (χ2n) is 8.96. The first-order valence-corrected chi connectivity index (χ1v) is 10.4. The SMILES string of the molecule is CC1(C)[C@H]2CC[C@]1(c1ccnc(-n3cnnc3)n1)c1nnc(-c3c(F)cccc3F)cc12. The van der Waals surface area contributed by atoms with Gasteiger partial charge < -0.3 is 0 Å². The van der Waals surface area contributed by atoms with E-state index in [0.29, 0.717) is 5.95 Å². The summed E-state index contributed by atoms with van der Waals surface area (Å²) in [5.74, 6) is -0.640. The molecule has 2 atom stereocenters. The Kier molecular flexibility index (Phi) is 3.84. The lowest BCUT2D eigenvalue weighted by atomic mass is 9.66. The summed E-state index contributed by atoms with van der Waals surface area (Å²) in [6, 6.07) is 7.53. The Hall–Kier alpha value is -3.62. The fraction of sp³-hybridized carbons (Fsp3) is 0.304. The molecular formula is C23H19F2N7. The summed E-state index contributed by atoms with van der Waals surface area (Å²) >= 11 is 0. The number of halogens is 2. The average molecular weight is 431 g/mol. The van der Waals surface area contributed by atoms with E-state index in [-0.39, 0.29) is 22.6 Å². The highest BCUT2D eigenvalue weighted by molar-refractivity contribution is 5.64. The average Bonchev–Trinajstić information content (AvgIpc) is 3.45. The summed E-state index contributed by atoms with van der Waals surface area (Å²) in [5, 5.41) is 16.5. The van der Waals surface area contributed by atoms with Crippen LogP contribution in [-0.4, -0.2) is 34.9 Å². The molecule has 0 saturated heterocycles. The molecule has 0 spiro atoms. The molecule has 32 heavy (non-hydrogen) atoms. The van der Waals surface area contributed by atoms with Crippen molar-refractivity contribution in [2.24, 2.45) is 5.41 Å². The third-order valence-corrected chi connectivity index (χ3v) is 7.33. The quantitative estimate of drug-likeness (QED) is 0.488. The number of aromatic nitrogens is 7. The Balaban J connectivity index is 1.54. The maximum atomic E-state index is 14.4. The van der Waals surface area contributed by atoms with Gasteiger partial charge >= 0.3 is 0 Å². The van der Waals surface area contributed by atoms with Crippen LogP contribution in [0.3, 0.4) is 0 Å². The molecule has 160 valence electrons. The first-order valence-electron chi connectivity index (χ1n) is 10.4. The Morgan fingerprint density at radius 3 is 2.53 bits per heavy atom. The summed E-state index contributed by atoms with van der Waals surface area (Å²) in [6.45, 7) is 4.41. The van der Waals surface area contributed by atoms with Crippen LogP contribution in [-0.2, 0) is 5.41 Å². The van der Waals surface area contributed by atoms with Gasteiger partial charge in [0.15, 0.2) is 0 Å². The maximum absolute atomic E-state index is 14.4. The molecule has 0 unspecified atom stereocenters. The maximum Gasteiger partial charge on any atom is 0.236 e. The van der Waals surface area contributed by atoms with Crippen LogP contribution in [0, 0.1) is 17.0 Å². The van der Waals surface area contributed by atoms with Crippen LogP contribution in [0.1, 0.15) is 49.6 Å². The zero-order valence-corrected chi connectivity index (χ0v) is 17.5. The number of benzene rings is 1. The summed E-state index contributed by atoms with van der Waals surface area (Å²) in [7, 11) is 0. The topological polar surface area (TPSA) is 82.3 Å². The van der Waals surface area contributed by atoms with E-state index in [1.54, 1.807) is 29.5 Å². The normalized spacial score (nSPS) is 22.8. The van der Waals surface area contributed by atoms with Crippen molar-refractivity contribution in [3.05, 3.63) is 77.8 Å². The van der Waals surface area contributed by atoms with Gasteiger partial charge in [-0.1, -0.05) is 19.9 Å². The number of nitrogens with zero attached hydrogens (tertiary/aromatic N) is 7. The lowest BCUT2D eigenvalue weighted by molar-refractivity contribution is 0.242. The molecule has 2 bridgehead atoms. The zero-order chi connectivity index (χ0) is 22.1. The van der Waals surface area contributed by atoms with Crippen LogP contribution in [0.4, 0.5) is 8.78 Å². The molecule has 7 nitrogen and oxygen atoms in total. The highest BCUT2D eigenvalue weighted by Crippen LogP contribution is 2.69.